The third-order valence-electron chi connectivity index (χ3n) is 6.25. The number of nitrogens with zero attached hydrogens (tertiary/aromatic N) is 3. The summed E-state index contributed by atoms with van der Waals surface area (Å²) in [6, 6.07) is 14.2. The molecule has 1 aliphatic heterocycles. The van der Waals surface area contributed by atoms with E-state index in [0.29, 0.717) is 34.7 Å². The number of piperidine rings is 1. The molecule has 0 amide bonds. The number of hydrogen-bond acceptors (Lipinski definition) is 5. The van der Waals surface area contributed by atoms with E-state index < -0.39 is 10.0 Å². The van der Waals surface area contributed by atoms with E-state index in [9.17, 15) is 13.7 Å². The van der Waals surface area contributed by atoms with Crippen LogP contribution in [0.4, 0.5) is 0 Å². The molecule has 1 fully saturated rings. The summed E-state index contributed by atoms with van der Waals surface area (Å²) in [5.74, 6) is 1.05. The van der Waals surface area contributed by atoms with Gasteiger partial charge < -0.3 is 9.30 Å². The van der Waals surface area contributed by atoms with Crippen molar-refractivity contribution in [2.24, 2.45) is 5.92 Å². The molecule has 0 bridgehead atoms. The molecule has 0 atom stereocenters. The van der Waals surface area contributed by atoms with Gasteiger partial charge in [-0.1, -0.05) is 17.7 Å². The molecule has 0 radical (unpaired) electrons. The van der Waals surface area contributed by atoms with Crippen LogP contribution in [0.25, 0.3) is 16.6 Å². The van der Waals surface area contributed by atoms with Crippen LogP contribution in [0.1, 0.15) is 24.0 Å². The molecule has 0 aliphatic carbocycles. The van der Waals surface area contributed by atoms with Crippen LogP contribution in [0, 0.1) is 17.2 Å². The number of fused-ring (bicyclic) bond motifs is 1. The highest BCUT2D eigenvalue weighted by Crippen LogP contribution is 2.33. The quantitative estimate of drug-likeness (QED) is 0.407. The number of nitriles is 1. The van der Waals surface area contributed by atoms with Gasteiger partial charge in [0.2, 0.25) is 10.0 Å². The van der Waals surface area contributed by atoms with Gasteiger partial charge >= 0.3 is 0 Å². The van der Waals surface area contributed by atoms with Crippen LogP contribution in [-0.4, -0.2) is 56.3 Å². The maximum absolute atomic E-state index is 11.3. The lowest BCUT2D eigenvalue weighted by Crippen LogP contribution is -2.38. The Balaban J connectivity index is 1.46. The number of nitrogens with one attached hydrogen (secondary N) is 1. The number of aromatic nitrogens is 1. The molecule has 1 aromatic heterocycles. The van der Waals surface area contributed by atoms with E-state index in [-0.39, 0.29) is 6.61 Å². The summed E-state index contributed by atoms with van der Waals surface area (Å²) in [4.78, 5) is 2.41. The summed E-state index contributed by atoms with van der Waals surface area (Å²) in [6.45, 7) is 3.54. The fraction of sp³-hybridized carbons (Fsp3) is 0.400. The topological polar surface area (TPSA) is 87.4 Å². The SMILES string of the molecule is CS(=O)(=O)NCC1CCN(Cc2ccc3c(ccn3-c3cc(Cl)c(OCCCl)c(C#N)c3)c2)CC1. The Labute approximate surface area is 216 Å². The Kier molecular flexibility index (Phi) is 8.25. The van der Waals surface area contributed by atoms with Crippen LogP contribution >= 0.6 is 23.2 Å². The monoisotopic (exact) mass is 534 g/mol. The lowest BCUT2D eigenvalue weighted by Gasteiger charge is -2.32. The molecule has 0 saturated carbocycles. The third-order valence-corrected chi connectivity index (χ3v) is 7.38. The van der Waals surface area contributed by atoms with Gasteiger partial charge in [-0.2, -0.15) is 5.26 Å². The van der Waals surface area contributed by atoms with Crippen molar-refractivity contribution < 1.29 is 13.2 Å². The van der Waals surface area contributed by atoms with E-state index >= 15 is 0 Å². The van der Waals surface area contributed by atoms with Crippen LogP contribution in [0.2, 0.25) is 5.02 Å². The Bertz CT molecular complexity index is 1340. The van der Waals surface area contributed by atoms with Crippen LogP contribution in [0.15, 0.2) is 42.6 Å². The van der Waals surface area contributed by atoms with Crippen LogP contribution in [0.5, 0.6) is 5.75 Å². The van der Waals surface area contributed by atoms with Crippen molar-refractivity contribution in [1.82, 2.24) is 14.2 Å². The molecule has 7 nitrogen and oxygen atoms in total. The summed E-state index contributed by atoms with van der Waals surface area (Å²) in [7, 11) is -3.14. The van der Waals surface area contributed by atoms with Crippen LogP contribution in [0.3, 0.4) is 0 Å². The number of halogens is 2. The molecular weight excluding hydrogens is 507 g/mol. The molecular formula is C25H28Cl2N4O3S. The van der Waals surface area contributed by atoms with Gasteiger partial charge in [-0.25, -0.2) is 13.1 Å². The number of sulfonamides is 1. The lowest BCUT2D eigenvalue weighted by molar-refractivity contribution is 0.178. The van der Waals surface area contributed by atoms with E-state index in [1.165, 1.54) is 11.8 Å². The predicted octanol–water partition coefficient (Wildman–Crippen LogP) is 4.53. The molecule has 35 heavy (non-hydrogen) atoms. The fourth-order valence-electron chi connectivity index (χ4n) is 4.48. The molecule has 1 saturated heterocycles. The Morgan fingerprint density at radius 3 is 2.66 bits per heavy atom. The van der Waals surface area contributed by atoms with Gasteiger partial charge in [0.1, 0.15) is 12.7 Å². The Morgan fingerprint density at radius 1 is 1.20 bits per heavy atom. The summed E-state index contributed by atoms with van der Waals surface area (Å²) in [5.41, 5.74) is 3.40. The highest BCUT2D eigenvalue weighted by atomic mass is 35.5. The predicted molar refractivity (Wildman–Crippen MR) is 140 cm³/mol. The molecule has 1 aliphatic rings. The summed E-state index contributed by atoms with van der Waals surface area (Å²) >= 11 is 12.1. The molecule has 0 unspecified atom stereocenters. The number of ether oxygens (including phenoxy) is 1. The van der Waals surface area contributed by atoms with Gasteiger partial charge in [-0.05, 0) is 67.7 Å². The molecule has 0 spiro atoms. The number of benzene rings is 2. The van der Waals surface area contributed by atoms with Crippen molar-refractivity contribution in [2.45, 2.75) is 19.4 Å². The molecule has 1 N–H and O–H groups in total. The van der Waals surface area contributed by atoms with Gasteiger partial charge in [0, 0.05) is 30.4 Å². The minimum Gasteiger partial charge on any atom is -0.489 e. The van der Waals surface area contributed by atoms with Crippen molar-refractivity contribution in [2.75, 3.05) is 38.4 Å². The van der Waals surface area contributed by atoms with Gasteiger partial charge in [0.05, 0.1) is 28.2 Å². The molecule has 2 aromatic carbocycles. The highest BCUT2D eigenvalue weighted by molar-refractivity contribution is 7.88. The number of alkyl halides is 1. The first-order valence-electron chi connectivity index (χ1n) is 11.5. The molecule has 2 heterocycles. The van der Waals surface area contributed by atoms with Crippen molar-refractivity contribution >= 4 is 44.1 Å². The van der Waals surface area contributed by atoms with Gasteiger partial charge in [-0.3, -0.25) is 4.90 Å². The minimum absolute atomic E-state index is 0.278. The van der Waals surface area contributed by atoms with E-state index in [1.807, 2.05) is 10.8 Å². The van der Waals surface area contributed by atoms with Gasteiger partial charge in [0.25, 0.3) is 0 Å². The molecule has 186 valence electrons. The number of rotatable bonds is 9. The Morgan fingerprint density at radius 2 is 1.97 bits per heavy atom. The minimum atomic E-state index is -3.14. The first kappa shape index (κ1) is 25.8. The van der Waals surface area contributed by atoms with E-state index in [2.05, 4.69) is 40.0 Å². The zero-order valence-electron chi connectivity index (χ0n) is 19.5. The third kappa shape index (κ3) is 6.49. The highest BCUT2D eigenvalue weighted by Gasteiger charge is 2.20. The maximum atomic E-state index is 11.3. The second-order valence-corrected chi connectivity index (χ2v) is 11.5. The summed E-state index contributed by atoms with van der Waals surface area (Å²) in [6.07, 6.45) is 5.14. The van der Waals surface area contributed by atoms with E-state index in [0.717, 1.165) is 49.1 Å². The molecule has 10 heteroatoms. The first-order valence-corrected chi connectivity index (χ1v) is 14.3. The largest absolute Gasteiger partial charge is 0.489 e. The first-order chi connectivity index (χ1) is 16.8. The zero-order chi connectivity index (χ0) is 25.0. The van der Waals surface area contributed by atoms with Crippen LogP contribution < -0.4 is 9.46 Å². The maximum Gasteiger partial charge on any atom is 0.208 e. The van der Waals surface area contributed by atoms with Crippen molar-refractivity contribution in [3.8, 4) is 17.5 Å². The number of hydrogen-bond donors (Lipinski definition) is 1. The van der Waals surface area contributed by atoms with E-state index in [4.69, 9.17) is 27.9 Å². The summed E-state index contributed by atoms with van der Waals surface area (Å²) < 4.78 is 32.9. The average Bonchev–Trinajstić information content (AvgIpc) is 3.25. The average molecular weight is 535 g/mol. The normalized spacial score (nSPS) is 15.4. The standard InChI is InChI=1S/C25H28Cl2N4O3S/c1-35(32,33)29-16-18-4-8-30(9-5-18)17-19-2-3-24-20(12-19)6-10-31(24)22-13-21(15-28)25(23(27)14-22)34-11-7-26/h2-3,6,10,12-14,18,29H,4-5,7-9,11,16-17H2,1H3. The van der Waals surface area contributed by atoms with Crippen LogP contribution in [-0.2, 0) is 16.6 Å². The number of likely N-dealkylation sites (tertiary alicyclic amines) is 1. The second-order valence-electron chi connectivity index (χ2n) is 8.87. The molecule has 3 aromatic rings. The molecule has 4 rings (SSSR count). The van der Waals surface area contributed by atoms with Crippen molar-refractivity contribution in [3.63, 3.8) is 0 Å². The zero-order valence-corrected chi connectivity index (χ0v) is 21.8. The lowest BCUT2D eigenvalue weighted by atomic mass is 9.97. The van der Waals surface area contributed by atoms with Crippen molar-refractivity contribution in [3.05, 3.63) is 58.7 Å². The smallest absolute Gasteiger partial charge is 0.208 e. The van der Waals surface area contributed by atoms with Gasteiger partial charge in [0.15, 0.2) is 5.75 Å². The van der Waals surface area contributed by atoms with Crippen molar-refractivity contribution in [1.29, 1.82) is 5.26 Å². The summed E-state index contributed by atoms with van der Waals surface area (Å²) in [5, 5.41) is 11.1. The Hall–Kier alpha value is -2.28. The second kappa shape index (κ2) is 11.2. The van der Waals surface area contributed by atoms with Gasteiger partial charge in [-0.15, -0.1) is 11.6 Å². The van der Waals surface area contributed by atoms with E-state index in [1.54, 1.807) is 12.1 Å². The fourth-order valence-corrected chi connectivity index (χ4v) is 5.36.